The molecule has 140 valence electrons. The fraction of sp³-hybridized carbons (Fsp3) is 0.529. The number of aliphatic hydroxyl groups excluding tert-OH is 1. The number of aliphatic hydroxyl groups is 1. The van der Waals surface area contributed by atoms with Gasteiger partial charge in [-0.3, -0.25) is 9.69 Å². The third-order valence-electron chi connectivity index (χ3n) is 3.84. The van der Waals surface area contributed by atoms with Gasteiger partial charge in [0.15, 0.2) is 0 Å². The summed E-state index contributed by atoms with van der Waals surface area (Å²) < 4.78 is 5.30. The van der Waals surface area contributed by atoms with Crippen molar-refractivity contribution in [3.63, 3.8) is 0 Å². The average molecular weight is 361 g/mol. The summed E-state index contributed by atoms with van der Waals surface area (Å²) in [4.78, 5) is 28.8. The zero-order valence-electron chi connectivity index (χ0n) is 15.0. The SMILES string of the molecule is CC(C)(C)OC(=O)N1CC(N=[N+]=[N-])C(O)C1C(=O)NCc1ccccc1. The molecule has 1 saturated heterocycles. The highest BCUT2D eigenvalue weighted by molar-refractivity contribution is 5.87. The predicted octanol–water partition coefficient (Wildman–Crippen LogP) is 1.96. The summed E-state index contributed by atoms with van der Waals surface area (Å²) >= 11 is 0. The Labute approximate surface area is 151 Å². The molecule has 1 aromatic carbocycles. The minimum absolute atomic E-state index is 0.0937. The van der Waals surface area contributed by atoms with E-state index in [0.29, 0.717) is 0 Å². The molecule has 0 aliphatic carbocycles. The van der Waals surface area contributed by atoms with E-state index in [0.717, 1.165) is 10.5 Å². The molecule has 3 unspecified atom stereocenters. The molecule has 0 saturated carbocycles. The molecule has 0 spiro atoms. The largest absolute Gasteiger partial charge is 0.444 e. The molecule has 9 nitrogen and oxygen atoms in total. The van der Waals surface area contributed by atoms with Crippen LogP contribution in [0.5, 0.6) is 0 Å². The van der Waals surface area contributed by atoms with E-state index in [1.54, 1.807) is 20.8 Å². The molecule has 2 N–H and O–H groups in total. The number of carbonyl (C=O) groups is 2. The highest BCUT2D eigenvalue weighted by Crippen LogP contribution is 2.24. The normalized spacial score (nSPS) is 22.5. The lowest BCUT2D eigenvalue weighted by atomic mass is 10.1. The van der Waals surface area contributed by atoms with Crippen LogP contribution in [0.25, 0.3) is 10.4 Å². The van der Waals surface area contributed by atoms with E-state index in [9.17, 15) is 14.7 Å². The molecule has 3 atom stereocenters. The average Bonchev–Trinajstić information content (AvgIpc) is 2.89. The van der Waals surface area contributed by atoms with Crippen LogP contribution in [0.1, 0.15) is 26.3 Å². The molecule has 1 aromatic rings. The molecule has 0 aromatic heterocycles. The topological polar surface area (TPSA) is 128 Å². The van der Waals surface area contributed by atoms with E-state index in [2.05, 4.69) is 15.3 Å². The number of amides is 2. The van der Waals surface area contributed by atoms with Crippen molar-refractivity contribution in [2.45, 2.75) is 51.1 Å². The van der Waals surface area contributed by atoms with Crippen LogP contribution in [-0.4, -0.2) is 52.3 Å². The minimum Gasteiger partial charge on any atom is -0.444 e. The molecular formula is C17H23N5O4. The second kappa shape index (κ2) is 8.07. The first-order valence-corrected chi connectivity index (χ1v) is 8.26. The van der Waals surface area contributed by atoms with Crippen molar-refractivity contribution in [2.75, 3.05) is 6.54 Å². The fourth-order valence-corrected chi connectivity index (χ4v) is 2.68. The van der Waals surface area contributed by atoms with Crippen LogP contribution >= 0.6 is 0 Å². The van der Waals surface area contributed by atoms with Crippen molar-refractivity contribution in [3.05, 3.63) is 46.3 Å². The van der Waals surface area contributed by atoms with Crippen LogP contribution in [0.15, 0.2) is 35.4 Å². The Morgan fingerprint density at radius 1 is 1.38 bits per heavy atom. The number of hydrogen-bond donors (Lipinski definition) is 2. The number of likely N-dealkylation sites (tertiary alicyclic amines) is 1. The summed E-state index contributed by atoms with van der Waals surface area (Å²) in [7, 11) is 0. The van der Waals surface area contributed by atoms with E-state index >= 15 is 0 Å². The molecule has 2 amide bonds. The number of carbonyl (C=O) groups excluding carboxylic acids is 2. The fourth-order valence-electron chi connectivity index (χ4n) is 2.68. The Bertz CT molecular complexity index is 697. The van der Waals surface area contributed by atoms with E-state index in [-0.39, 0.29) is 13.1 Å². The van der Waals surface area contributed by atoms with E-state index < -0.39 is 35.8 Å². The summed E-state index contributed by atoms with van der Waals surface area (Å²) in [6.45, 7) is 5.26. The lowest BCUT2D eigenvalue weighted by molar-refractivity contribution is -0.128. The molecule has 2 rings (SSSR count). The minimum atomic E-state index is -1.31. The molecule has 1 aliphatic heterocycles. The van der Waals surface area contributed by atoms with Gasteiger partial charge in [0.2, 0.25) is 5.91 Å². The van der Waals surface area contributed by atoms with Crippen LogP contribution in [-0.2, 0) is 16.1 Å². The number of benzene rings is 1. The van der Waals surface area contributed by atoms with Crippen LogP contribution in [0, 0.1) is 0 Å². The van der Waals surface area contributed by atoms with Crippen molar-refractivity contribution >= 4 is 12.0 Å². The maximum Gasteiger partial charge on any atom is 0.411 e. The highest BCUT2D eigenvalue weighted by atomic mass is 16.6. The number of ether oxygens (including phenoxy) is 1. The number of rotatable bonds is 4. The van der Waals surface area contributed by atoms with Gasteiger partial charge in [-0.1, -0.05) is 35.4 Å². The highest BCUT2D eigenvalue weighted by Gasteiger charge is 2.48. The third kappa shape index (κ3) is 4.87. The summed E-state index contributed by atoms with van der Waals surface area (Å²) in [6, 6.07) is 7.14. The van der Waals surface area contributed by atoms with Crippen LogP contribution in [0.3, 0.4) is 0 Å². The van der Waals surface area contributed by atoms with Gasteiger partial charge in [-0.2, -0.15) is 0 Å². The summed E-state index contributed by atoms with van der Waals surface area (Å²) in [5.41, 5.74) is 8.76. The first-order valence-electron chi connectivity index (χ1n) is 8.26. The van der Waals surface area contributed by atoms with Crippen molar-refractivity contribution in [1.82, 2.24) is 10.2 Å². The van der Waals surface area contributed by atoms with Crippen molar-refractivity contribution in [3.8, 4) is 0 Å². The number of nitrogens with zero attached hydrogens (tertiary/aromatic N) is 4. The predicted molar refractivity (Wildman–Crippen MR) is 94.0 cm³/mol. The smallest absolute Gasteiger partial charge is 0.411 e. The van der Waals surface area contributed by atoms with Crippen LogP contribution < -0.4 is 5.32 Å². The lowest BCUT2D eigenvalue weighted by Crippen LogP contribution is -2.51. The van der Waals surface area contributed by atoms with Gasteiger partial charge >= 0.3 is 6.09 Å². The Kier molecular flexibility index (Phi) is 6.07. The van der Waals surface area contributed by atoms with Gasteiger partial charge in [0.05, 0.1) is 12.1 Å². The van der Waals surface area contributed by atoms with E-state index in [4.69, 9.17) is 10.3 Å². The molecule has 1 fully saturated rings. The molecular weight excluding hydrogens is 338 g/mol. The second-order valence-electron chi connectivity index (χ2n) is 7.04. The number of azide groups is 1. The van der Waals surface area contributed by atoms with Gasteiger partial charge in [-0.15, -0.1) is 0 Å². The Hall–Kier alpha value is -2.77. The zero-order valence-corrected chi connectivity index (χ0v) is 15.0. The summed E-state index contributed by atoms with van der Waals surface area (Å²) in [6.07, 6.45) is -2.05. The van der Waals surface area contributed by atoms with Crippen molar-refractivity contribution in [1.29, 1.82) is 0 Å². The Morgan fingerprint density at radius 2 is 2.04 bits per heavy atom. The monoisotopic (exact) mass is 361 g/mol. The Balaban J connectivity index is 2.15. The second-order valence-corrected chi connectivity index (χ2v) is 7.04. The molecule has 0 bridgehead atoms. The summed E-state index contributed by atoms with van der Waals surface area (Å²) in [5, 5.41) is 16.6. The van der Waals surface area contributed by atoms with E-state index in [1.807, 2.05) is 30.3 Å². The maximum absolute atomic E-state index is 12.6. The Morgan fingerprint density at radius 3 is 2.62 bits per heavy atom. The molecule has 1 aliphatic rings. The standard InChI is InChI=1S/C17H23N5O4/c1-17(2,3)26-16(25)22-10-12(20-21-18)14(23)13(22)15(24)19-9-11-7-5-4-6-8-11/h4-8,12-14,23H,9-10H2,1-3H3,(H,19,24). The number of hydrogen-bond acceptors (Lipinski definition) is 5. The third-order valence-corrected chi connectivity index (χ3v) is 3.84. The molecule has 26 heavy (non-hydrogen) atoms. The first-order chi connectivity index (χ1) is 12.2. The van der Waals surface area contributed by atoms with E-state index in [1.165, 1.54) is 0 Å². The van der Waals surface area contributed by atoms with Gasteiger partial charge in [-0.25, -0.2) is 4.79 Å². The molecule has 1 heterocycles. The zero-order chi connectivity index (χ0) is 19.3. The van der Waals surface area contributed by atoms with Crippen LogP contribution in [0.4, 0.5) is 4.79 Å². The van der Waals surface area contributed by atoms with Gasteiger partial charge in [0.25, 0.3) is 0 Å². The number of nitrogens with one attached hydrogen (secondary N) is 1. The quantitative estimate of drug-likeness (QED) is 0.482. The lowest BCUT2D eigenvalue weighted by Gasteiger charge is -2.28. The summed E-state index contributed by atoms with van der Waals surface area (Å²) in [5.74, 6) is -0.539. The first kappa shape index (κ1) is 19.6. The van der Waals surface area contributed by atoms with Gasteiger partial charge in [0, 0.05) is 18.0 Å². The van der Waals surface area contributed by atoms with Crippen molar-refractivity contribution < 1.29 is 19.4 Å². The van der Waals surface area contributed by atoms with Gasteiger partial charge < -0.3 is 15.2 Å². The maximum atomic E-state index is 12.6. The van der Waals surface area contributed by atoms with Crippen LogP contribution in [0.2, 0.25) is 0 Å². The van der Waals surface area contributed by atoms with Crippen molar-refractivity contribution in [2.24, 2.45) is 5.11 Å². The molecule has 0 radical (unpaired) electrons. The van der Waals surface area contributed by atoms with Gasteiger partial charge in [0.1, 0.15) is 11.6 Å². The van der Waals surface area contributed by atoms with Gasteiger partial charge in [-0.05, 0) is 31.9 Å². The molecule has 9 heteroatoms.